The van der Waals surface area contributed by atoms with Crippen molar-refractivity contribution in [3.05, 3.63) is 39.8 Å². The van der Waals surface area contributed by atoms with Crippen molar-refractivity contribution in [2.45, 2.75) is 32.9 Å². The molecule has 0 aromatic carbocycles. The van der Waals surface area contributed by atoms with Crippen LogP contribution in [0.5, 0.6) is 0 Å². The van der Waals surface area contributed by atoms with E-state index in [4.69, 9.17) is 26.3 Å². The number of halogens is 1. The topological polar surface area (TPSA) is 83.5 Å². The number of thiophene rings is 1. The lowest BCUT2D eigenvalue weighted by atomic mass is 10.2. The molecule has 8 nitrogen and oxygen atoms in total. The maximum absolute atomic E-state index is 12.3. The third-order valence-corrected chi connectivity index (χ3v) is 5.84. The highest BCUT2D eigenvalue weighted by Crippen LogP contribution is 2.26. The zero-order chi connectivity index (χ0) is 22.0. The number of rotatable bonds is 4. The number of nitrogens with one attached hydrogen (secondary N) is 1. The van der Waals surface area contributed by atoms with Crippen molar-refractivity contribution in [3.63, 3.8) is 0 Å². The van der Waals surface area contributed by atoms with Gasteiger partial charge in [-0.15, -0.1) is 11.3 Å². The van der Waals surface area contributed by atoms with Gasteiger partial charge in [0.25, 0.3) is 0 Å². The van der Waals surface area contributed by atoms with Crippen molar-refractivity contribution in [1.82, 2.24) is 19.9 Å². The minimum atomic E-state index is -0.507. The van der Waals surface area contributed by atoms with Crippen LogP contribution < -0.4 is 10.2 Å². The van der Waals surface area contributed by atoms with Gasteiger partial charge in [-0.1, -0.05) is 17.7 Å². The first-order valence-electron chi connectivity index (χ1n) is 10.1. The highest BCUT2D eigenvalue weighted by Gasteiger charge is 2.27. The van der Waals surface area contributed by atoms with Crippen LogP contribution in [0.4, 0.5) is 16.6 Å². The Bertz CT molecular complexity index is 1060. The lowest BCUT2D eigenvalue weighted by Gasteiger charge is -2.35. The molecule has 1 aliphatic rings. The Balaban J connectivity index is 1.52. The van der Waals surface area contributed by atoms with Gasteiger partial charge in [0.2, 0.25) is 5.95 Å². The normalized spacial score (nSPS) is 14.7. The third-order valence-electron chi connectivity index (χ3n) is 4.76. The van der Waals surface area contributed by atoms with Gasteiger partial charge in [0.05, 0.1) is 18.3 Å². The summed E-state index contributed by atoms with van der Waals surface area (Å²) in [6.45, 7) is 8.61. The Labute approximate surface area is 190 Å². The predicted octanol–water partition coefficient (Wildman–Crippen LogP) is 4.41. The van der Waals surface area contributed by atoms with Crippen LogP contribution >= 0.6 is 22.9 Å². The molecule has 1 fully saturated rings. The fourth-order valence-electron chi connectivity index (χ4n) is 3.27. The maximum atomic E-state index is 12.3. The molecule has 0 saturated carbocycles. The molecule has 1 amide bonds. The SMILES string of the molecule is CC(C)(C)OC(=O)N1CCN(c2nc(NCc3cccs3)c3cc(Cl)ncc3n2)CC1. The van der Waals surface area contributed by atoms with Crippen LogP contribution in [0.2, 0.25) is 5.15 Å². The molecule has 4 heterocycles. The number of nitrogens with zero attached hydrogens (tertiary/aromatic N) is 5. The van der Waals surface area contributed by atoms with Crippen molar-refractivity contribution < 1.29 is 9.53 Å². The molecule has 10 heteroatoms. The standard InChI is InChI=1S/C21H25ClN6O2S/c1-21(2,3)30-20(29)28-8-6-27(7-9-28)19-25-16-13-23-17(22)11-15(16)18(26-19)24-12-14-5-4-10-31-14/h4-5,10-11,13H,6-9,12H2,1-3H3,(H,24,25,26). The summed E-state index contributed by atoms with van der Waals surface area (Å²) < 4.78 is 5.48. The molecule has 4 rings (SSSR count). The Morgan fingerprint density at radius 3 is 2.71 bits per heavy atom. The molecule has 0 aliphatic carbocycles. The van der Waals surface area contributed by atoms with Crippen molar-refractivity contribution in [1.29, 1.82) is 0 Å². The number of pyridine rings is 1. The average Bonchev–Trinajstić information content (AvgIpc) is 3.24. The number of amides is 1. The number of aromatic nitrogens is 3. The smallest absolute Gasteiger partial charge is 0.410 e. The van der Waals surface area contributed by atoms with E-state index in [1.165, 1.54) is 4.88 Å². The maximum Gasteiger partial charge on any atom is 0.410 e. The molecule has 0 unspecified atom stereocenters. The van der Waals surface area contributed by atoms with Gasteiger partial charge in [-0.25, -0.2) is 14.8 Å². The van der Waals surface area contributed by atoms with Crippen molar-refractivity contribution in [3.8, 4) is 0 Å². The predicted molar refractivity (Wildman–Crippen MR) is 124 cm³/mol. The largest absolute Gasteiger partial charge is 0.444 e. The van der Waals surface area contributed by atoms with Gasteiger partial charge < -0.3 is 19.9 Å². The van der Waals surface area contributed by atoms with Gasteiger partial charge in [0.1, 0.15) is 16.6 Å². The lowest BCUT2D eigenvalue weighted by Crippen LogP contribution is -2.50. The van der Waals surface area contributed by atoms with E-state index < -0.39 is 5.60 Å². The van der Waals surface area contributed by atoms with E-state index in [1.54, 1.807) is 28.5 Å². The second-order valence-corrected chi connectivity index (χ2v) is 9.70. The Morgan fingerprint density at radius 1 is 1.26 bits per heavy atom. The second-order valence-electron chi connectivity index (χ2n) is 8.28. The van der Waals surface area contributed by atoms with Gasteiger partial charge in [0.15, 0.2) is 0 Å². The van der Waals surface area contributed by atoms with Crippen molar-refractivity contribution in [2.75, 3.05) is 36.4 Å². The first-order valence-corrected chi connectivity index (χ1v) is 11.4. The summed E-state index contributed by atoms with van der Waals surface area (Å²) in [6, 6.07) is 5.88. The Kier molecular flexibility index (Phi) is 6.15. The first kappa shape index (κ1) is 21.6. The van der Waals surface area contributed by atoms with Crippen LogP contribution in [-0.4, -0.2) is 57.7 Å². The number of piperazine rings is 1. The number of carbonyl (C=O) groups excluding carboxylic acids is 1. The third kappa shape index (κ3) is 5.34. The van der Waals surface area contributed by atoms with Crippen molar-refractivity contribution >= 4 is 51.7 Å². The molecule has 1 saturated heterocycles. The van der Waals surface area contributed by atoms with Crippen LogP contribution in [-0.2, 0) is 11.3 Å². The van der Waals surface area contributed by atoms with E-state index in [2.05, 4.69) is 21.3 Å². The molecule has 1 N–H and O–H groups in total. The quantitative estimate of drug-likeness (QED) is 0.577. The van der Waals surface area contributed by atoms with Crippen LogP contribution in [0.25, 0.3) is 10.9 Å². The van der Waals surface area contributed by atoms with Crippen LogP contribution in [0.3, 0.4) is 0 Å². The van der Waals surface area contributed by atoms with Crippen molar-refractivity contribution in [2.24, 2.45) is 0 Å². The fraction of sp³-hybridized carbons (Fsp3) is 0.429. The first-order chi connectivity index (χ1) is 14.8. The van der Waals surface area contributed by atoms with E-state index in [9.17, 15) is 4.79 Å². The number of fused-ring (bicyclic) bond motifs is 1. The zero-order valence-electron chi connectivity index (χ0n) is 17.8. The molecule has 1 aliphatic heterocycles. The summed E-state index contributed by atoms with van der Waals surface area (Å²) in [4.78, 5) is 31.0. The van der Waals surface area contributed by atoms with E-state index in [0.29, 0.717) is 49.6 Å². The summed E-state index contributed by atoms with van der Waals surface area (Å²) in [7, 11) is 0. The van der Waals surface area contributed by atoms with Crippen LogP contribution in [0.1, 0.15) is 25.6 Å². The molecule has 0 radical (unpaired) electrons. The highest BCUT2D eigenvalue weighted by molar-refractivity contribution is 7.09. The summed E-state index contributed by atoms with van der Waals surface area (Å²) in [5.74, 6) is 1.32. The lowest BCUT2D eigenvalue weighted by molar-refractivity contribution is 0.0240. The Hall–Kier alpha value is -2.65. The minimum Gasteiger partial charge on any atom is -0.444 e. The number of hydrogen-bond donors (Lipinski definition) is 1. The molecular formula is C21H25ClN6O2S. The number of carbonyl (C=O) groups is 1. The minimum absolute atomic E-state index is 0.288. The van der Waals surface area contributed by atoms with Gasteiger partial charge in [0, 0.05) is 36.4 Å². The molecule has 3 aromatic heterocycles. The summed E-state index contributed by atoms with van der Waals surface area (Å²) in [5.41, 5.74) is 0.213. The molecular weight excluding hydrogens is 436 g/mol. The summed E-state index contributed by atoms with van der Waals surface area (Å²) in [5, 5.41) is 6.68. The van der Waals surface area contributed by atoms with Gasteiger partial charge in [-0.3, -0.25) is 0 Å². The Morgan fingerprint density at radius 2 is 2.03 bits per heavy atom. The summed E-state index contributed by atoms with van der Waals surface area (Å²) >= 11 is 7.80. The fourth-order valence-corrected chi connectivity index (χ4v) is 4.07. The molecule has 31 heavy (non-hydrogen) atoms. The van der Waals surface area contributed by atoms with Crippen LogP contribution in [0, 0.1) is 0 Å². The second kappa shape index (κ2) is 8.84. The van der Waals surface area contributed by atoms with E-state index in [1.807, 2.05) is 32.2 Å². The monoisotopic (exact) mass is 460 g/mol. The molecule has 0 atom stereocenters. The van der Waals surface area contributed by atoms with Crippen LogP contribution in [0.15, 0.2) is 29.8 Å². The number of ether oxygens (including phenoxy) is 1. The molecule has 164 valence electrons. The van der Waals surface area contributed by atoms with E-state index in [-0.39, 0.29) is 6.09 Å². The summed E-state index contributed by atoms with van der Waals surface area (Å²) in [6.07, 6.45) is 1.37. The van der Waals surface area contributed by atoms with E-state index in [0.717, 1.165) is 10.9 Å². The number of hydrogen-bond acceptors (Lipinski definition) is 8. The molecule has 3 aromatic rings. The van der Waals surface area contributed by atoms with E-state index >= 15 is 0 Å². The molecule has 0 bridgehead atoms. The van der Waals surface area contributed by atoms with Gasteiger partial charge in [-0.05, 0) is 38.3 Å². The molecule has 0 spiro atoms. The van der Waals surface area contributed by atoms with Gasteiger partial charge >= 0.3 is 6.09 Å². The average molecular weight is 461 g/mol. The van der Waals surface area contributed by atoms with Gasteiger partial charge in [-0.2, -0.15) is 4.98 Å². The zero-order valence-corrected chi connectivity index (χ0v) is 19.3. The highest BCUT2D eigenvalue weighted by atomic mass is 35.5. The number of anilines is 2.